The van der Waals surface area contributed by atoms with Crippen molar-refractivity contribution >= 4 is 42.1 Å². The van der Waals surface area contributed by atoms with E-state index in [-0.39, 0.29) is 41.5 Å². The fourth-order valence-electron chi connectivity index (χ4n) is 0.0393. The minimum Gasteiger partial charge on any atom is -0.412 e. The molecule has 0 unspecified atom stereocenters. The first-order valence-electron chi connectivity index (χ1n) is 1.29. The van der Waals surface area contributed by atoms with Crippen LogP contribution in [0.3, 0.4) is 0 Å². The van der Waals surface area contributed by atoms with E-state index in [9.17, 15) is 9.59 Å². The standard InChI is InChI=1S/C3H4O2.Na.H2O/c4-2-1-3-5;;/h2-3H,1H2;;1H2. The van der Waals surface area contributed by atoms with Gasteiger partial charge in [0.1, 0.15) is 12.6 Å². The molecule has 0 atom stereocenters. The van der Waals surface area contributed by atoms with Gasteiger partial charge in [-0.05, 0) is 0 Å². The van der Waals surface area contributed by atoms with Crippen LogP contribution in [0, 0.1) is 0 Å². The van der Waals surface area contributed by atoms with Crippen LogP contribution in [0.5, 0.6) is 0 Å². The molecular weight excluding hydrogens is 107 g/mol. The van der Waals surface area contributed by atoms with Gasteiger partial charge in [0.25, 0.3) is 0 Å². The summed E-state index contributed by atoms with van der Waals surface area (Å²) >= 11 is 0. The van der Waals surface area contributed by atoms with Crippen LogP contribution in [-0.2, 0) is 9.59 Å². The first kappa shape index (κ1) is 15.7. The molecule has 2 N–H and O–H groups in total. The Morgan fingerprint density at radius 3 is 1.43 bits per heavy atom. The zero-order chi connectivity index (χ0) is 4.12. The van der Waals surface area contributed by atoms with Crippen LogP contribution >= 0.6 is 0 Å². The van der Waals surface area contributed by atoms with Gasteiger partial charge in [-0.25, -0.2) is 0 Å². The van der Waals surface area contributed by atoms with Crippen LogP contribution in [0.15, 0.2) is 0 Å². The molecule has 0 amide bonds. The normalized spacial score (nSPS) is 4.57. The van der Waals surface area contributed by atoms with Gasteiger partial charge in [-0.3, -0.25) is 0 Å². The zero-order valence-corrected chi connectivity index (χ0v) is 6.18. The molecule has 0 saturated heterocycles. The van der Waals surface area contributed by atoms with Gasteiger partial charge < -0.3 is 15.1 Å². The van der Waals surface area contributed by atoms with Gasteiger partial charge in [0.05, 0.1) is 6.42 Å². The molecule has 0 aliphatic carbocycles. The summed E-state index contributed by atoms with van der Waals surface area (Å²) in [4.78, 5) is 18.3. The molecule has 1 radical (unpaired) electrons. The number of aldehydes is 2. The van der Waals surface area contributed by atoms with Gasteiger partial charge in [0.15, 0.2) is 0 Å². The van der Waals surface area contributed by atoms with Crippen molar-refractivity contribution in [1.29, 1.82) is 0 Å². The Kier molecular flexibility index (Phi) is 36.4. The van der Waals surface area contributed by atoms with Crippen molar-refractivity contribution in [3.8, 4) is 0 Å². The maximum atomic E-state index is 9.17. The van der Waals surface area contributed by atoms with Crippen molar-refractivity contribution in [3.63, 3.8) is 0 Å². The second kappa shape index (κ2) is 16.3. The largest absolute Gasteiger partial charge is 0.412 e. The molecule has 0 heterocycles. The Bertz CT molecular complexity index is 39.4. The molecular formula is C3H6NaO3. The van der Waals surface area contributed by atoms with E-state index in [0.717, 1.165) is 0 Å². The summed E-state index contributed by atoms with van der Waals surface area (Å²) in [5.74, 6) is 0. The Morgan fingerprint density at radius 2 is 1.43 bits per heavy atom. The summed E-state index contributed by atoms with van der Waals surface area (Å²) in [6.07, 6.45) is 1.15. The van der Waals surface area contributed by atoms with E-state index in [1.165, 1.54) is 0 Å². The van der Waals surface area contributed by atoms with Crippen LogP contribution in [0.4, 0.5) is 0 Å². The fourth-order valence-corrected chi connectivity index (χ4v) is 0.0393. The van der Waals surface area contributed by atoms with Crippen LogP contribution < -0.4 is 0 Å². The Labute approximate surface area is 63.7 Å². The van der Waals surface area contributed by atoms with E-state index >= 15 is 0 Å². The van der Waals surface area contributed by atoms with Crippen molar-refractivity contribution < 1.29 is 15.1 Å². The van der Waals surface area contributed by atoms with Gasteiger partial charge in [0.2, 0.25) is 0 Å². The molecule has 0 aliphatic rings. The number of carbonyl (C=O) groups excluding carboxylic acids is 2. The van der Waals surface area contributed by atoms with E-state index in [4.69, 9.17) is 0 Å². The molecule has 0 spiro atoms. The van der Waals surface area contributed by atoms with Crippen molar-refractivity contribution in [2.75, 3.05) is 0 Å². The predicted octanol–water partition coefficient (Wildman–Crippen LogP) is -1.43. The molecule has 0 aromatic heterocycles. The summed E-state index contributed by atoms with van der Waals surface area (Å²) in [5.41, 5.74) is 0. The molecule has 0 bridgehead atoms. The van der Waals surface area contributed by atoms with Gasteiger partial charge in [0, 0.05) is 29.6 Å². The van der Waals surface area contributed by atoms with E-state index < -0.39 is 0 Å². The fraction of sp³-hybridized carbons (Fsp3) is 0.333. The van der Waals surface area contributed by atoms with Crippen molar-refractivity contribution in [2.45, 2.75) is 6.42 Å². The Morgan fingerprint density at radius 1 is 1.14 bits per heavy atom. The molecule has 0 aromatic rings. The van der Waals surface area contributed by atoms with Gasteiger partial charge >= 0.3 is 0 Å². The number of hydrogen-bond donors (Lipinski definition) is 0. The second-order valence-electron chi connectivity index (χ2n) is 0.569. The predicted molar refractivity (Wildman–Crippen MR) is 26.1 cm³/mol. The average Bonchev–Trinajstić information content (AvgIpc) is 1.41. The minimum absolute atomic E-state index is 0. The molecule has 4 heteroatoms. The van der Waals surface area contributed by atoms with Crippen LogP contribution in [0.1, 0.15) is 6.42 Å². The van der Waals surface area contributed by atoms with Crippen molar-refractivity contribution in [3.05, 3.63) is 0 Å². The molecule has 3 nitrogen and oxygen atoms in total. The Balaban J connectivity index is -0.0000000800. The summed E-state index contributed by atoms with van der Waals surface area (Å²) in [6, 6.07) is 0. The molecule has 7 heavy (non-hydrogen) atoms. The quantitative estimate of drug-likeness (QED) is 0.250. The van der Waals surface area contributed by atoms with Crippen molar-refractivity contribution in [1.82, 2.24) is 0 Å². The summed E-state index contributed by atoms with van der Waals surface area (Å²) in [6.45, 7) is 0. The number of rotatable bonds is 2. The summed E-state index contributed by atoms with van der Waals surface area (Å²) in [7, 11) is 0. The van der Waals surface area contributed by atoms with E-state index in [1.807, 2.05) is 0 Å². The molecule has 37 valence electrons. The summed E-state index contributed by atoms with van der Waals surface area (Å²) in [5, 5.41) is 0. The van der Waals surface area contributed by atoms with E-state index in [1.54, 1.807) is 0 Å². The van der Waals surface area contributed by atoms with Gasteiger partial charge in [-0.1, -0.05) is 0 Å². The molecule has 0 aliphatic heterocycles. The monoisotopic (exact) mass is 113 g/mol. The molecule has 0 fully saturated rings. The zero-order valence-electron chi connectivity index (χ0n) is 4.18. The maximum absolute atomic E-state index is 9.17. The van der Waals surface area contributed by atoms with E-state index in [2.05, 4.69) is 0 Å². The average molecular weight is 113 g/mol. The number of carbonyl (C=O) groups is 2. The molecule has 0 aromatic carbocycles. The molecule has 0 saturated carbocycles. The first-order valence-corrected chi connectivity index (χ1v) is 1.29. The van der Waals surface area contributed by atoms with Gasteiger partial charge in [-0.2, -0.15) is 0 Å². The van der Waals surface area contributed by atoms with E-state index in [0.29, 0.717) is 12.6 Å². The van der Waals surface area contributed by atoms with Crippen molar-refractivity contribution in [2.24, 2.45) is 0 Å². The first-order chi connectivity index (χ1) is 2.41. The van der Waals surface area contributed by atoms with Crippen LogP contribution in [-0.4, -0.2) is 47.6 Å². The van der Waals surface area contributed by atoms with Crippen LogP contribution in [0.2, 0.25) is 0 Å². The topological polar surface area (TPSA) is 65.6 Å². The maximum Gasteiger partial charge on any atom is 0.127 e. The van der Waals surface area contributed by atoms with Crippen LogP contribution in [0.25, 0.3) is 0 Å². The smallest absolute Gasteiger partial charge is 0.127 e. The SMILES string of the molecule is O.O=CCC=O.[Na]. The number of hydrogen-bond acceptors (Lipinski definition) is 2. The van der Waals surface area contributed by atoms with Gasteiger partial charge in [-0.15, -0.1) is 0 Å². The minimum atomic E-state index is 0. The second-order valence-corrected chi connectivity index (χ2v) is 0.569. The third-order valence-corrected chi connectivity index (χ3v) is 0.192. The third kappa shape index (κ3) is 22.0. The summed E-state index contributed by atoms with van der Waals surface area (Å²) < 4.78 is 0. The Hall–Kier alpha value is 0.300. The molecule has 0 rings (SSSR count). The third-order valence-electron chi connectivity index (χ3n) is 0.192.